The zero-order chi connectivity index (χ0) is 33.7. The molecule has 0 spiro atoms. The molecule has 0 fully saturated rings. The fraction of sp³-hybridized carbons (Fsp3) is 0. The van der Waals surface area contributed by atoms with Crippen LogP contribution in [0.4, 0.5) is 0 Å². The van der Waals surface area contributed by atoms with Gasteiger partial charge in [-0.15, -0.1) is 0 Å². The molecular weight excluding hydrogens is 623 g/mol. The molecular formula is C47H29N3O. The van der Waals surface area contributed by atoms with Crippen LogP contribution in [0, 0.1) is 0 Å². The molecule has 4 heteroatoms. The summed E-state index contributed by atoms with van der Waals surface area (Å²) in [7, 11) is 0. The molecule has 0 saturated carbocycles. The third-order valence-corrected chi connectivity index (χ3v) is 9.75. The molecule has 0 amide bonds. The normalized spacial score (nSPS) is 11.7. The molecule has 9 aromatic rings. The quantitative estimate of drug-likeness (QED) is 0.186. The molecule has 8 aromatic carbocycles. The van der Waals surface area contributed by atoms with Gasteiger partial charge in [0.15, 0.2) is 17.5 Å². The molecule has 0 N–H and O–H groups in total. The van der Waals surface area contributed by atoms with Crippen molar-refractivity contribution in [3.8, 4) is 79.0 Å². The van der Waals surface area contributed by atoms with Crippen molar-refractivity contribution in [2.75, 3.05) is 0 Å². The standard InChI is InChI=1S/C47H29N3O/c1-3-11-30(12-4-1)31-21-23-34(24-22-31)46-48-45(33-13-5-2-6-14-33)49-47(50-46)40-27-26-36(37-17-7-8-18-38(37)40)35-25-28-42-41(29-35)39-19-9-15-32-16-10-20-43(51-42)44(32)39/h1-29H. The highest BCUT2D eigenvalue weighted by Gasteiger charge is 2.21. The molecule has 51 heavy (non-hydrogen) atoms. The Morgan fingerprint density at radius 2 is 0.863 bits per heavy atom. The van der Waals surface area contributed by atoms with Gasteiger partial charge in [0, 0.05) is 27.6 Å². The minimum absolute atomic E-state index is 0.635. The Kier molecular flexibility index (Phi) is 6.78. The Hall–Kier alpha value is -6.91. The van der Waals surface area contributed by atoms with Crippen LogP contribution in [0.2, 0.25) is 0 Å². The fourth-order valence-electron chi connectivity index (χ4n) is 7.26. The van der Waals surface area contributed by atoms with Gasteiger partial charge in [0.05, 0.1) is 0 Å². The van der Waals surface area contributed by atoms with Gasteiger partial charge < -0.3 is 4.74 Å². The highest BCUT2D eigenvalue weighted by Crippen LogP contribution is 2.48. The summed E-state index contributed by atoms with van der Waals surface area (Å²) in [4.78, 5) is 15.2. The summed E-state index contributed by atoms with van der Waals surface area (Å²) < 4.78 is 6.41. The van der Waals surface area contributed by atoms with Crippen molar-refractivity contribution in [1.29, 1.82) is 0 Å². The van der Waals surface area contributed by atoms with Gasteiger partial charge in [-0.2, -0.15) is 0 Å². The lowest BCUT2D eigenvalue weighted by Gasteiger charge is -2.22. The third kappa shape index (κ3) is 5.04. The minimum atomic E-state index is 0.635. The molecule has 0 unspecified atom stereocenters. The van der Waals surface area contributed by atoms with Crippen molar-refractivity contribution in [2.45, 2.75) is 0 Å². The maximum Gasteiger partial charge on any atom is 0.164 e. The van der Waals surface area contributed by atoms with Gasteiger partial charge in [0.25, 0.3) is 0 Å². The molecule has 2 heterocycles. The van der Waals surface area contributed by atoms with E-state index < -0.39 is 0 Å². The lowest BCUT2D eigenvalue weighted by molar-refractivity contribution is 0.487. The van der Waals surface area contributed by atoms with E-state index in [1.54, 1.807) is 0 Å². The number of aromatic nitrogens is 3. The lowest BCUT2D eigenvalue weighted by Crippen LogP contribution is -2.01. The summed E-state index contributed by atoms with van der Waals surface area (Å²) in [5, 5.41) is 4.53. The smallest absolute Gasteiger partial charge is 0.164 e. The van der Waals surface area contributed by atoms with Crippen LogP contribution in [-0.4, -0.2) is 15.0 Å². The third-order valence-electron chi connectivity index (χ3n) is 9.75. The second-order valence-electron chi connectivity index (χ2n) is 12.8. The number of fused-ring (bicyclic) bond motifs is 3. The predicted octanol–water partition coefficient (Wildman–Crippen LogP) is 12.3. The number of hydrogen-bond donors (Lipinski definition) is 0. The highest BCUT2D eigenvalue weighted by atomic mass is 16.5. The first kappa shape index (κ1) is 29.0. The maximum atomic E-state index is 6.41. The summed E-state index contributed by atoms with van der Waals surface area (Å²) >= 11 is 0. The first-order valence-corrected chi connectivity index (χ1v) is 17.1. The molecule has 1 aromatic heterocycles. The van der Waals surface area contributed by atoms with E-state index in [2.05, 4.69) is 127 Å². The Morgan fingerprint density at radius 1 is 0.314 bits per heavy atom. The monoisotopic (exact) mass is 651 g/mol. The lowest BCUT2D eigenvalue weighted by atomic mass is 9.90. The molecule has 1 aliphatic rings. The summed E-state index contributed by atoms with van der Waals surface area (Å²) in [6, 6.07) is 61.0. The van der Waals surface area contributed by atoms with Crippen LogP contribution in [-0.2, 0) is 0 Å². The minimum Gasteiger partial charge on any atom is -0.456 e. The van der Waals surface area contributed by atoms with Gasteiger partial charge in [-0.05, 0) is 68.2 Å². The summed E-state index contributed by atoms with van der Waals surface area (Å²) in [5.41, 5.74) is 9.69. The Morgan fingerprint density at radius 3 is 1.61 bits per heavy atom. The van der Waals surface area contributed by atoms with Crippen LogP contribution in [0.3, 0.4) is 0 Å². The van der Waals surface area contributed by atoms with E-state index in [1.165, 1.54) is 16.5 Å². The van der Waals surface area contributed by atoms with Gasteiger partial charge in [0.2, 0.25) is 0 Å². The Bertz CT molecular complexity index is 2750. The number of ether oxygens (including phenoxy) is 1. The summed E-state index contributed by atoms with van der Waals surface area (Å²) in [6.45, 7) is 0. The molecule has 0 bridgehead atoms. The predicted molar refractivity (Wildman–Crippen MR) is 208 cm³/mol. The first-order chi connectivity index (χ1) is 25.3. The van der Waals surface area contributed by atoms with Gasteiger partial charge in [-0.25, -0.2) is 15.0 Å². The van der Waals surface area contributed by atoms with E-state index in [1.807, 2.05) is 48.5 Å². The summed E-state index contributed by atoms with van der Waals surface area (Å²) in [6.07, 6.45) is 0. The van der Waals surface area contributed by atoms with Crippen LogP contribution >= 0.6 is 0 Å². The van der Waals surface area contributed by atoms with Crippen LogP contribution in [0.1, 0.15) is 0 Å². The molecule has 238 valence electrons. The Balaban J connectivity index is 1.11. The number of hydrogen-bond acceptors (Lipinski definition) is 4. The zero-order valence-corrected chi connectivity index (χ0v) is 27.5. The van der Waals surface area contributed by atoms with Crippen LogP contribution in [0.25, 0.3) is 89.1 Å². The highest BCUT2D eigenvalue weighted by molar-refractivity contribution is 6.07. The molecule has 1 aliphatic heterocycles. The van der Waals surface area contributed by atoms with Crippen molar-refractivity contribution in [1.82, 2.24) is 15.0 Å². The number of rotatable bonds is 5. The van der Waals surface area contributed by atoms with Crippen molar-refractivity contribution >= 4 is 21.5 Å². The largest absolute Gasteiger partial charge is 0.456 e. The average molecular weight is 652 g/mol. The Labute approximate surface area is 295 Å². The van der Waals surface area contributed by atoms with E-state index in [0.29, 0.717) is 17.5 Å². The van der Waals surface area contributed by atoms with E-state index in [0.717, 1.165) is 66.6 Å². The van der Waals surface area contributed by atoms with Crippen molar-refractivity contribution in [3.05, 3.63) is 176 Å². The zero-order valence-electron chi connectivity index (χ0n) is 27.5. The van der Waals surface area contributed by atoms with E-state index in [4.69, 9.17) is 19.7 Å². The average Bonchev–Trinajstić information content (AvgIpc) is 3.21. The number of nitrogens with zero attached hydrogens (tertiary/aromatic N) is 3. The molecule has 10 rings (SSSR count). The SMILES string of the molecule is c1ccc(-c2ccc(-c3nc(-c4ccccc4)nc(-c4ccc(-c5ccc6c(c5)-c5cccc7cccc(c57)O6)c5ccccc45)n3)cc2)cc1. The van der Waals surface area contributed by atoms with Crippen LogP contribution in [0.15, 0.2) is 176 Å². The van der Waals surface area contributed by atoms with Gasteiger partial charge in [0.1, 0.15) is 11.5 Å². The number of benzene rings is 8. The van der Waals surface area contributed by atoms with Crippen molar-refractivity contribution in [3.63, 3.8) is 0 Å². The van der Waals surface area contributed by atoms with Crippen LogP contribution < -0.4 is 4.74 Å². The first-order valence-electron chi connectivity index (χ1n) is 17.1. The maximum absolute atomic E-state index is 6.41. The van der Waals surface area contributed by atoms with Crippen LogP contribution in [0.5, 0.6) is 11.5 Å². The van der Waals surface area contributed by atoms with E-state index in [-0.39, 0.29) is 0 Å². The molecule has 0 saturated heterocycles. The van der Waals surface area contributed by atoms with Gasteiger partial charge in [-0.3, -0.25) is 0 Å². The second-order valence-corrected chi connectivity index (χ2v) is 12.8. The molecule has 4 nitrogen and oxygen atoms in total. The fourth-order valence-corrected chi connectivity index (χ4v) is 7.26. The second kappa shape index (κ2) is 11.9. The van der Waals surface area contributed by atoms with E-state index >= 15 is 0 Å². The van der Waals surface area contributed by atoms with Crippen molar-refractivity contribution in [2.24, 2.45) is 0 Å². The summed E-state index contributed by atoms with van der Waals surface area (Å²) in [5.74, 6) is 3.68. The molecule has 0 radical (unpaired) electrons. The van der Waals surface area contributed by atoms with Crippen molar-refractivity contribution < 1.29 is 4.74 Å². The molecule has 0 atom stereocenters. The van der Waals surface area contributed by atoms with E-state index in [9.17, 15) is 0 Å². The van der Waals surface area contributed by atoms with Gasteiger partial charge in [-0.1, -0.05) is 152 Å². The van der Waals surface area contributed by atoms with Gasteiger partial charge >= 0.3 is 0 Å². The molecule has 0 aliphatic carbocycles. The topological polar surface area (TPSA) is 47.9 Å².